The zero-order valence-corrected chi connectivity index (χ0v) is 17.9. The van der Waals surface area contributed by atoms with E-state index in [4.69, 9.17) is 14.2 Å². The summed E-state index contributed by atoms with van der Waals surface area (Å²) in [5.41, 5.74) is 1.22. The molecule has 0 fully saturated rings. The summed E-state index contributed by atoms with van der Waals surface area (Å²) in [7, 11) is 1.48. The minimum absolute atomic E-state index is 0.109. The van der Waals surface area contributed by atoms with E-state index in [0.29, 0.717) is 29.4 Å². The fraction of sp³-hybridized carbons (Fsp3) is 0.348. The number of benzene rings is 2. The SMILES string of the molecule is CCOc1ccc(C(=O)O[C@@H](C)C(=O)c2ccc(NC(=O)C(C)C)cc2)cc1OC. The average Bonchev–Trinajstić information content (AvgIpc) is 2.74. The van der Waals surface area contributed by atoms with Gasteiger partial charge < -0.3 is 19.5 Å². The number of nitrogens with one attached hydrogen (secondary N) is 1. The Morgan fingerprint density at radius 2 is 1.57 bits per heavy atom. The molecule has 1 N–H and O–H groups in total. The fourth-order valence-corrected chi connectivity index (χ4v) is 2.59. The maximum Gasteiger partial charge on any atom is 0.338 e. The lowest BCUT2D eigenvalue weighted by Gasteiger charge is -2.14. The van der Waals surface area contributed by atoms with Gasteiger partial charge in [0.05, 0.1) is 19.3 Å². The Morgan fingerprint density at radius 1 is 0.933 bits per heavy atom. The van der Waals surface area contributed by atoms with Crippen LogP contribution in [-0.4, -0.2) is 37.5 Å². The van der Waals surface area contributed by atoms with Gasteiger partial charge in [0, 0.05) is 17.2 Å². The molecular formula is C23H27NO6. The Morgan fingerprint density at radius 3 is 2.13 bits per heavy atom. The van der Waals surface area contributed by atoms with Crippen molar-refractivity contribution in [1.82, 2.24) is 0 Å². The van der Waals surface area contributed by atoms with Gasteiger partial charge in [-0.15, -0.1) is 0 Å². The number of hydrogen-bond acceptors (Lipinski definition) is 6. The Bertz CT molecular complexity index is 904. The number of carbonyl (C=O) groups excluding carboxylic acids is 3. The normalized spacial score (nSPS) is 11.5. The van der Waals surface area contributed by atoms with Crippen molar-refractivity contribution in [2.24, 2.45) is 5.92 Å². The van der Waals surface area contributed by atoms with Crippen LogP contribution in [0.4, 0.5) is 5.69 Å². The molecule has 7 nitrogen and oxygen atoms in total. The third-order valence-electron chi connectivity index (χ3n) is 4.31. The molecule has 0 heterocycles. The van der Waals surface area contributed by atoms with Crippen LogP contribution in [0.3, 0.4) is 0 Å². The van der Waals surface area contributed by atoms with Gasteiger partial charge in [-0.05, 0) is 56.3 Å². The van der Waals surface area contributed by atoms with Crippen molar-refractivity contribution in [1.29, 1.82) is 0 Å². The molecule has 2 aromatic carbocycles. The lowest BCUT2D eigenvalue weighted by molar-refractivity contribution is -0.118. The zero-order chi connectivity index (χ0) is 22.3. The first-order valence-corrected chi connectivity index (χ1v) is 9.73. The minimum atomic E-state index is -0.980. The summed E-state index contributed by atoms with van der Waals surface area (Å²) < 4.78 is 16.0. The molecule has 0 aromatic heterocycles. The summed E-state index contributed by atoms with van der Waals surface area (Å²) in [6.45, 7) is 7.41. The van der Waals surface area contributed by atoms with Gasteiger partial charge in [-0.25, -0.2) is 4.79 Å². The van der Waals surface area contributed by atoms with Gasteiger partial charge in [-0.3, -0.25) is 9.59 Å². The van der Waals surface area contributed by atoms with Crippen LogP contribution in [-0.2, 0) is 9.53 Å². The van der Waals surface area contributed by atoms with Gasteiger partial charge >= 0.3 is 5.97 Å². The summed E-state index contributed by atoms with van der Waals surface area (Å²) in [5, 5.41) is 2.76. The molecule has 30 heavy (non-hydrogen) atoms. The van der Waals surface area contributed by atoms with E-state index in [-0.39, 0.29) is 23.2 Å². The molecule has 0 aliphatic rings. The van der Waals surface area contributed by atoms with Crippen LogP contribution in [0.5, 0.6) is 11.5 Å². The van der Waals surface area contributed by atoms with E-state index >= 15 is 0 Å². The molecule has 0 bridgehead atoms. The summed E-state index contributed by atoms with van der Waals surface area (Å²) in [6, 6.07) is 11.1. The first kappa shape index (κ1) is 22.9. The molecule has 160 valence electrons. The van der Waals surface area contributed by atoms with Crippen LogP contribution in [0.25, 0.3) is 0 Å². The van der Waals surface area contributed by atoms with Crippen molar-refractivity contribution < 1.29 is 28.6 Å². The molecule has 0 unspecified atom stereocenters. The monoisotopic (exact) mass is 413 g/mol. The molecule has 0 saturated heterocycles. The molecule has 1 amide bonds. The highest BCUT2D eigenvalue weighted by Gasteiger charge is 2.21. The number of anilines is 1. The fourth-order valence-electron chi connectivity index (χ4n) is 2.59. The molecule has 0 aliphatic heterocycles. The Hall–Kier alpha value is -3.35. The predicted molar refractivity (Wildman–Crippen MR) is 113 cm³/mol. The maximum absolute atomic E-state index is 12.6. The van der Waals surface area contributed by atoms with Crippen molar-refractivity contribution in [3.8, 4) is 11.5 Å². The number of methoxy groups -OCH3 is 1. The van der Waals surface area contributed by atoms with Crippen LogP contribution in [0.1, 0.15) is 48.4 Å². The second kappa shape index (κ2) is 10.4. The average molecular weight is 413 g/mol. The Kier molecular flexibility index (Phi) is 7.98. The van der Waals surface area contributed by atoms with Crippen molar-refractivity contribution in [3.05, 3.63) is 53.6 Å². The first-order chi connectivity index (χ1) is 14.3. The number of rotatable bonds is 9. The Labute approximate surface area is 176 Å². The van der Waals surface area contributed by atoms with Crippen LogP contribution in [0.2, 0.25) is 0 Å². The lowest BCUT2D eigenvalue weighted by Crippen LogP contribution is -2.24. The van der Waals surface area contributed by atoms with Gasteiger partial charge in [-0.2, -0.15) is 0 Å². The molecule has 0 radical (unpaired) electrons. The third-order valence-corrected chi connectivity index (χ3v) is 4.31. The number of esters is 1. The lowest BCUT2D eigenvalue weighted by atomic mass is 10.1. The number of Topliss-reactive ketones (excluding diaryl/α,β-unsaturated/α-hetero) is 1. The summed E-state index contributed by atoms with van der Waals surface area (Å²) in [5.74, 6) is -0.315. The van der Waals surface area contributed by atoms with Crippen molar-refractivity contribution in [2.45, 2.75) is 33.8 Å². The topological polar surface area (TPSA) is 90.9 Å². The summed E-state index contributed by atoms with van der Waals surface area (Å²) in [4.78, 5) is 36.8. The van der Waals surface area contributed by atoms with E-state index in [1.165, 1.54) is 20.1 Å². The van der Waals surface area contributed by atoms with Gasteiger partial charge in [0.2, 0.25) is 11.7 Å². The number of amides is 1. The summed E-state index contributed by atoms with van der Waals surface area (Å²) >= 11 is 0. The first-order valence-electron chi connectivity index (χ1n) is 9.73. The largest absolute Gasteiger partial charge is 0.493 e. The molecule has 0 spiro atoms. The van der Waals surface area contributed by atoms with E-state index in [2.05, 4.69) is 5.32 Å². The Balaban J connectivity index is 2.04. The van der Waals surface area contributed by atoms with Gasteiger partial charge in [-0.1, -0.05) is 13.8 Å². The van der Waals surface area contributed by atoms with Gasteiger partial charge in [0.15, 0.2) is 17.6 Å². The third kappa shape index (κ3) is 5.83. The van der Waals surface area contributed by atoms with E-state index in [0.717, 1.165) is 0 Å². The number of hydrogen-bond donors (Lipinski definition) is 1. The van der Waals surface area contributed by atoms with Crippen molar-refractivity contribution in [2.75, 3.05) is 19.0 Å². The highest BCUT2D eigenvalue weighted by Crippen LogP contribution is 2.28. The van der Waals surface area contributed by atoms with Crippen LogP contribution >= 0.6 is 0 Å². The van der Waals surface area contributed by atoms with Crippen molar-refractivity contribution in [3.63, 3.8) is 0 Å². The van der Waals surface area contributed by atoms with Crippen LogP contribution in [0, 0.1) is 5.92 Å². The number of ether oxygens (including phenoxy) is 3. The van der Waals surface area contributed by atoms with E-state index in [9.17, 15) is 14.4 Å². The van der Waals surface area contributed by atoms with Crippen LogP contribution < -0.4 is 14.8 Å². The molecule has 2 rings (SSSR count). The molecule has 7 heteroatoms. The molecule has 0 aliphatic carbocycles. The quantitative estimate of drug-likeness (QED) is 0.491. The second-order valence-corrected chi connectivity index (χ2v) is 6.93. The number of carbonyl (C=O) groups is 3. The minimum Gasteiger partial charge on any atom is -0.493 e. The maximum atomic E-state index is 12.6. The predicted octanol–water partition coefficient (Wildman–Crippen LogP) is 4.12. The van der Waals surface area contributed by atoms with Crippen LogP contribution in [0.15, 0.2) is 42.5 Å². The second-order valence-electron chi connectivity index (χ2n) is 6.93. The van der Waals surface area contributed by atoms with E-state index in [1.807, 2.05) is 6.92 Å². The van der Waals surface area contributed by atoms with Gasteiger partial charge in [0.1, 0.15) is 0 Å². The van der Waals surface area contributed by atoms with E-state index in [1.54, 1.807) is 50.2 Å². The standard InChI is InChI=1S/C23H27NO6/c1-6-29-19-12-9-17(13-20(19)28-5)23(27)30-15(4)21(25)16-7-10-18(11-8-16)24-22(26)14(2)3/h7-15H,6H2,1-5H3,(H,24,26)/t15-/m0/s1. The molecule has 2 aromatic rings. The number of ketones is 1. The van der Waals surface area contributed by atoms with Crippen molar-refractivity contribution >= 4 is 23.3 Å². The molecule has 0 saturated carbocycles. The zero-order valence-electron chi connectivity index (χ0n) is 17.9. The van der Waals surface area contributed by atoms with Gasteiger partial charge in [0.25, 0.3) is 0 Å². The molecular weight excluding hydrogens is 386 g/mol. The highest BCUT2D eigenvalue weighted by atomic mass is 16.5. The van der Waals surface area contributed by atoms with E-state index < -0.39 is 12.1 Å². The highest BCUT2D eigenvalue weighted by molar-refractivity contribution is 6.02. The molecule has 1 atom stereocenters. The smallest absolute Gasteiger partial charge is 0.338 e. The summed E-state index contributed by atoms with van der Waals surface area (Å²) in [6.07, 6.45) is -0.980.